The third kappa shape index (κ3) is 6.77. The molecular formula is C27H30N4O7S. The first-order valence-corrected chi connectivity index (χ1v) is 14.2. The number of carbonyl (C=O) groups is 1. The molecule has 2 aromatic heterocycles. The molecule has 0 spiro atoms. The largest absolute Gasteiger partial charge is 0.469 e. The van der Waals surface area contributed by atoms with Gasteiger partial charge in [0.25, 0.3) is 0 Å². The van der Waals surface area contributed by atoms with E-state index < -0.39 is 28.3 Å². The molecule has 1 aliphatic carbocycles. The summed E-state index contributed by atoms with van der Waals surface area (Å²) < 4.78 is 38.7. The van der Waals surface area contributed by atoms with Gasteiger partial charge in [0, 0.05) is 18.0 Å². The van der Waals surface area contributed by atoms with Crippen molar-refractivity contribution in [3.63, 3.8) is 0 Å². The van der Waals surface area contributed by atoms with E-state index in [-0.39, 0.29) is 29.7 Å². The van der Waals surface area contributed by atoms with Crippen molar-refractivity contribution in [1.82, 2.24) is 20.0 Å². The fourth-order valence-electron chi connectivity index (χ4n) is 4.54. The van der Waals surface area contributed by atoms with Crippen molar-refractivity contribution in [3.8, 4) is 5.75 Å². The van der Waals surface area contributed by atoms with Gasteiger partial charge < -0.3 is 24.4 Å². The van der Waals surface area contributed by atoms with E-state index in [4.69, 9.17) is 14.0 Å². The minimum absolute atomic E-state index is 0.0227. The monoisotopic (exact) mass is 554 g/mol. The van der Waals surface area contributed by atoms with E-state index in [2.05, 4.69) is 15.1 Å². The standard InChI is InChI=1S/C27H30N4O7S/c32-26(24(14-19-6-2-1-3-7-19)30-27(33)37-22-12-13-36-18-22)17-29-39(34,35)23-10-11-25-20(15-23)16-28-31(25)38-21-8-4-5-9-21/h1-3,6-7,10-13,15-16,18,21,24,26,29,32H,4-5,8-9,14,17H2,(H,30,33)/t24-,26+/m0/s1. The molecule has 12 heteroatoms. The normalized spacial score (nSPS) is 15.7. The van der Waals surface area contributed by atoms with Crippen LogP contribution in [0.4, 0.5) is 4.79 Å². The van der Waals surface area contributed by atoms with Crippen LogP contribution >= 0.6 is 0 Å². The Labute approximate surface area is 225 Å². The molecule has 0 unspecified atom stereocenters. The molecule has 0 saturated heterocycles. The average molecular weight is 555 g/mol. The lowest BCUT2D eigenvalue weighted by Gasteiger charge is -2.24. The van der Waals surface area contributed by atoms with Crippen LogP contribution in [-0.2, 0) is 16.4 Å². The Balaban J connectivity index is 1.25. The van der Waals surface area contributed by atoms with Crippen LogP contribution in [0.5, 0.6) is 5.75 Å². The van der Waals surface area contributed by atoms with Crippen LogP contribution in [0, 0.1) is 0 Å². The highest BCUT2D eigenvalue weighted by molar-refractivity contribution is 7.89. The fraction of sp³-hybridized carbons (Fsp3) is 0.333. The Morgan fingerprint density at radius 1 is 1.15 bits per heavy atom. The van der Waals surface area contributed by atoms with Crippen LogP contribution < -0.4 is 19.6 Å². The molecule has 1 fully saturated rings. The SMILES string of the molecule is O=C(N[C@@H](Cc1ccccc1)[C@H](O)CNS(=O)(=O)c1ccc2c(cnn2OC2CCCC2)c1)Oc1ccoc1. The molecule has 1 aliphatic rings. The Bertz CT molecular complexity index is 1480. The number of aliphatic hydroxyl groups excluding tert-OH is 1. The lowest BCUT2D eigenvalue weighted by atomic mass is 10.0. The van der Waals surface area contributed by atoms with Crippen molar-refractivity contribution in [3.05, 3.63) is 78.9 Å². The van der Waals surface area contributed by atoms with Crippen LogP contribution in [-0.4, -0.2) is 54.4 Å². The number of aromatic nitrogens is 2. The topological polar surface area (TPSA) is 145 Å². The average Bonchev–Trinajstić information content (AvgIpc) is 3.71. The van der Waals surface area contributed by atoms with E-state index in [9.17, 15) is 18.3 Å². The first-order chi connectivity index (χ1) is 18.9. The molecule has 0 aliphatic heterocycles. The molecule has 5 rings (SSSR count). The summed E-state index contributed by atoms with van der Waals surface area (Å²) in [5.74, 6) is 0.202. The molecule has 2 aromatic carbocycles. The van der Waals surface area contributed by atoms with E-state index >= 15 is 0 Å². The smallest absolute Gasteiger partial charge is 0.413 e. The number of amides is 1. The second-order valence-electron chi connectivity index (χ2n) is 9.46. The number of benzene rings is 2. The third-order valence-corrected chi connectivity index (χ3v) is 8.04. The van der Waals surface area contributed by atoms with E-state index in [1.165, 1.54) is 35.6 Å². The Kier molecular flexibility index (Phi) is 8.15. The van der Waals surface area contributed by atoms with E-state index in [1.807, 2.05) is 30.3 Å². The van der Waals surface area contributed by atoms with Gasteiger partial charge in [0.05, 0.1) is 29.5 Å². The van der Waals surface area contributed by atoms with Gasteiger partial charge >= 0.3 is 6.09 Å². The first kappa shape index (κ1) is 26.7. The van der Waals surface area contributed by atoms with Gasteiger partial charge in [-0.25, -0.2) is 17.9 Å². The molecular weight excluding hydrogens is 524 g/mol. The van der Waals surface area contributed by atoms with Crippen molar-refractivity contribution in [2.45, 2.75) is 55.2 Å². The Morgan fingerprint density at radius 3 is 2.69 bits per heavy atom. The lowest BCUT2D eigenvalue weighted by molar-refractivity contribution is 0.0272. The molecule has 39 heavy (non-hydrogen) atoms. The Hall–Kier alpha value is -3.87. The van der Waals surface area contributed by atoms with Crippen LogP contribution in [0.1, 0.15) is 31.2 Å². The van der Waals surface area contributed by atoms with Crippen molar-refractivity contribution >= 4 is 27.0 Å². The zero-order valence-corrected chi connectivity index (χ0v) is 21.9. The number of nitrogens with zero attached hydrogens (tertiary/aromatic N) is 2. The molecule has 3 N–H and O–H groups in total. The van der Waals surface area contributed by atoms with Gasteiger partial charge in [-0.05, 0) is 55.9 Å². The predicted molar refractivity (Wildman–Crippen MR) is 142 cm³/mol. The van der Waals surface area contributed by atoms with Gasteiger partial charge in [0.2, 0.25) is 10.0 Å². The number of carbonyl (C=O) groups excluding carboxylic acids is 1. The number of aliphatic hydroxyl groups is 1. The number of fused-ring (bicyclic) bond motifs is 1. The predicted octanol–water partition coefficient (Wildman–Crippen LogP) is 3.04. The maximum absolute atomic E-state index is 13.1. The first-order valence-electron chi connectivity index (χ1n) is 12.7. The maximum atomic E-state index is 13.1. The van der Waals surface area contributed by atoms with Gasteiger partial charge in [-0.1, -0.05) is 35.2 Å². The van der Waals surface area contributed by atoms with E-state index in [1.54, 1.807) is 12.3 Å². The van der Waals surface area contributed by atoms with Gasteiger partial charge in [0.1, 0.15) is 17.9 Å². The third-order valence-electron chi connectivity index (χ3n) is 6.62. The highest BCUT2D eigenvalue weighted by Crippen LogP contribution is 2.22. The maximum Gasteiger partial charge on any atom is 0.413 e. The molecule has 0 bridgehead atoms. The zero-order valence-electron chi connectivity index (χ0n) is 21.1. The van der Waals surface area contributed by atoms with E-state index in [0.29, 0.717) is 10.9 Å². The van der Waals surface area contributed by atoms with Crippen LogP contribution in [0.15, 0.2) is 82.6 Å². The molecule has 4 aromatic rings. The van der Waals surface area contributed by atoms with Gasteiger partial charge in [0.15, 0.2) is 5.75 Å². The highest BCUT2D eigenvalue weighted by atomic mass is 32.2. The van der Waals surface area contributed by atoms with Crippen LogP contribution in [0.25, 0.3) is 10.9 Å². The van der Waals surface area contributed by atoms with Crippen LogP contribution in [0.3, 0.4) is 0 Å². The van der Waals surface area contributed by atoms with Crippen molar-refractivity contribution in [1.29, 1.82) is 0 Å². The molecule has 0 radical (unpaired) electrons. The molecule has 2 atom stereocenters. The summed E-state index contributed by atoms with van der Waals surface area (Å²) in [6.45, 7) is -0.339. The van der Waals surface area contributed by atoms with Gasteiger partial charge in [-0.15, -0.1) is 5.10 Å². The summed E-state index contributed by atoms with van der Waals surface area (Å²) in [4.78, 5) is 19.8. The molecule has 1 amide bonds. The van der Waals surface area contributed by atoms with Crippen molar-refractivity contribution in [2.24, 2.45) is 0 Å². The highest BCUT2D eigenvalue weighted by Gasteiger charge is 2.26. The number of hydrogen-bond donors (Lipinski definition) is 3. The lowest BCUT2D eigenvalue weighted by Crippen LogP contribution is -2.50. The molecule has 1 saturated carbocycles. The number of nitrogens with one attached hydrogen (secondary N) is 2. The minimum atomic E-state index is -3.98. The molecule has 206 valence electrons. The minimum Gasteiger partial charge on any atom is -0.469 e. The molecule has 2 heterocycles. The number of hydrogen-bond acceptors (Lipinski definition) is 8. The zero-order chi connectivity index (χ0) is 27.2. The second-order valence-corrected chi connectivity index (χ2v) is 11.2. The summed E-state index contributed by atoms with van der Waals surface area (Å²) >= 11 is 0. The van der Waals surface area contributed by atoms with Gasteiger partial charge in [-0.2, -0.15) is 0 Å². The molecule has 11 nitrogen and oxygen atoms in total. The van der Waals surface area contributed by atoms with Gasteiger partial charge in [-0.3, -0.25) is 0 Å². The quantitative estimate of drug-likeness (QED) is 0.257. The summed E-state index contributed by atoms with van der Waals surface area (Å²) in [5, 5.41) is 18.4. The van der Waals surface area contributed by atoms with Crippen LogP contribution in [0.2, 0.25) is 0 Å². The van der Waals surface area contributed by atoms with Crippen molar-refractivity contribution < 1.29 is 32.3 Å². The Morgan fingerprint density at radius 2 is 1.95 bits per heavy atom. The summed E-state index contributed by atoms with van der Waals surface area (Å²) in [5.41, 5.74) is 1.51. The van der Waals surface area contributed by atoms with E-state index in [0.717, 1.165) is 31.2 Å². The fourth-order valence-corrected chi connectivity index (χ4v) is 5.63. The second kappa shape index (κ2) is 11.9. The summed E-state index contributed by atoms with van der Waals surface area (Å²) in [6, 6.07) is 14.5. The number of sulfonamides is 1. The number of ether oxygens (including phenoxy) is 1. The number of rotatable bonds is 11. The number of furan rings is 1. The summed E-state index contributed by atoms with van der Waals surface area (Å²) in [6.07, 6.45) is 6.66. The summed E-state index contributed by atoms with van der Waals surface area (Å²) in [7, 11) is -3.98. The van der Waals surface area contributed by atoms with Crippen molar-refractivity contribution in [2.75, 3.05) is 6.54 Å².